The molecule has 0 aromatic heterocycles. The van der Waals surface area contributed by atoms with E-state index in [1.54, 1.807) is 6.92 Å². The van der Waals surface area contributed by atoms with E-state index >= 15 is 0 Å². The first-order chi connectivity index (χ1) is 37.6. The summed E-state index contributed by atoms with van der Waals surface area (Å²) < 4.78 is 55.3. The van der Waals surface area contributed by atoms with Crippen LogP contribution < -0.4 is 28.3 Å². The highest BCUT2D eigenvalue weighted by molar-refractivity contribution is 5.86. The summed E-state index contributed by atoms with van der Waals surface area (Å²) in [6.45, 7) is 2.41. The fourth-order valence-electron chi connectivity index (χ4n) is 7.37. The minimum absolute atomic E-state index is 0.0310. The molecule has 0 aliphatic carbocycles. The van der Waals surface area contributed by atoms with Gasteiger partial charge in [0.1, 0.15) is 24.9 Å². The van der Waals surface area contributed by atoms with Gasteiger partial charge in [0.05, 0.1) is 110 Å². The maximum atomic E-state index is 13.5. The molecular weight excluding hydrogens is 1060 g/mol. The van der Waals surface area contributed by atoms with Gasteiger partial charge in [0.15, 0.2) is 30.2 Å². The van der Waals surface area contributed by atoms with E-state index in [2.05, 4.69) is 21.2 Å². The molecule has 32 heteroatoms. The summed E-state index contributed by atoms with van der Waals surface area (Å²) in [5, 5.41) is 63.0. The summed E-state index contributed by atoms with van der Waals surface area (Å²) >= 11 is 0. The summed E-state index contributed by atoms with van der Waals surface area (Å²) in [6, 6.07) is -3.51. The fraction of sp³-hybridized carbons (Fsp3) is 0.702. The van der Waals surface area contributed by atoms with Crippen LogP contribution in [-0.2, 0) is 66.5 Å². The third-order valence-electron chi connectivity index (χ3n) is 11.5. The Kier molecular flexibility index (Phi) is 32.1. The Balaban J connectivity index is 2.06. The van der Waals surface area contributed by atoms with Crippen LogP contribution in [0.15, 0.2) is 33.7 Å². The van der Waals surface area contributed by atoms with E-state index in [4.69, 9.17) is 76.7 Å². The Morgan fingerprint density at radius 2 is 1.06 bits per heavy atom. The topological polar surface area (TPSA) is 467 Å². The number of nitrogens with two attached hydrogens (primary N) is 4. The minimum atomic E-state index is -1.85. The number of aliphatic hydroxyl groups excluding tert-OH is 4. The van der Waals surface area contributed by atoms with E-state index < -0.39 is 121 Å². The third-order valence-corrected chi connectivity index (χ3v) is 11.5. The van der Waals surface area contributed by atoms with Crippen LogP contribution in [0.1, 0.15) is 20.3 Å². The zero-order valence-electron chi connectivity index (χ0n) is 44.7. The van der Waals surface area contributed by atoms with Gasteiger partial charge in [0.2, 0.25) is 23.3 Å². The van der Waals surface area contributed by atoms with Gasteiger partial charge in [-0.15, -0.1) is 6.42 Å². The smallest absolute Gasteiger partial charge is 0.410 e. The van der Waals surface area contributed by atoms with E-state index in [1.165, 1.54) is 19.0 Å². The summed E-state index contributed by atoms with van der Waals surface area (Å²) in [7, 11) is 2.68. The standard InChI is InChI=1S/C47H78N10O22/c1-6-12-70-18-20-74-22-23-75-21-19-71-13-7-36(63)57(10-16-72-14-8-55(4)46(68)78-39(32(61)26-58)38-28(2)30(53-44(48)49)24-34(76-38)42(64)65)11-17-73-15-9-56(5)47(69)79-40(33(62)27-59)41-37(52-29(3)60)31(54-45(50)51)25-35(77-41)43(66)67/h1,24-25,28,30-33,37-41,58-59,61-62H,7-23,26-27H2,2-5H3,(H,52,60)(H,64,65)(H,66,67)(H4,48,49,53)(H4,50,51,54)/t28-,30+,31+,32+,33+,37-,38-,39-,40-,41-/m1/s1. The van der Waals surface area contributed by atoms with Crippen LogP contribution in [0.4, 0.5) is 9.59 Å². The van der Waals surface area contributed by atoms with Crippen LogP contribution in [0.5, 0.6) is 0 Å². The molecule has 0 aromatic carbocycles. The van der Waals surface area contributed by atoms with Crippen LogP contribution >= 0.6 is 0 Å². The third kappa shape index (κ3) is 25.3. The number of aliphatic hydroxyl groups is 4. The van der Waals surface area contributed by atoms with Crippen LogP contribution in [0.3, 0.4) is 0 Å². The highest BCUT2D eigenvalue weighted by Crippen LogP contribution is 2.31. The van der Waals surface area contributed by atoms with Gasteiger partial charge in [-0.3, -0.25) is 9.59 Å². The Hall–Kier alpha value is -6.80. The number of carbonyl (C=O) groups excluding carboxylic acids is 4. The monoisotopic (exact) mass is 1130 g/mol. The zero-order valence-corrected chi connectivity index (χ0v) is 44.7. The first kappa shape index (κ1) is 68.3. The number of amides is 4. The fourth-order valence-corrected chi connectivity index (χ4v) is 7.37. The number of aliphatic carboxylic acids is 2. The SMILES string of the molecule is C#CCOCCOCCOCCOCCC(=O)N(CCOCCN(C)C(=O)O[C@@H]([C@@H]1OC(C(=O)O)=C[C@H](N=C(N)N)[C@H]1C)[C@@H](O)CO)CCOCCN(C)C(=O)O[C@@H]([C@@H]1OC(C(=O)O)=C[C@H](N=C(N)N)[C@H]1NC(C)=O)[C@@H](O)CO. The minimum Gasteiger partial charge on any atom is -0.479 e. The van der Waals surface area contributed by atoms with Crippen molar-refractivity contribution < 1.29 is 107 Å². The maximum absolute atomic E-state index is 13.5. The number of hydrogen-bond acceptors (Lipinski definition) is 22. The Bertz CT molecular complexity index is 2090. The molecule has 2 aliphatic rings. The number of likely N-dealkylation sites (N-methyl/N-ethyl adjacent to an activating group) is 2. The highest BCUT2D eigenvalue weighted by atomic mass is 16.6. The van der Waals surface area contributed by atoms with Crippen molar-refractivity contribution in [3.8, 4) is 12.3 Å². The molecule has 0 saturated heterocycles. The first-order valence-corrected chi connectivity index (χ1v) is 24.8. The van der Waals surface area contributed by atoms with Gasteiger partial charge in [0.25, 0.3) is 0 Å². The molecule has 0 aromatic rings. The van der Waals surface area contributed by atoms with Crippen molar-refractivity contribution in [3.63, 3.8) is 0 Å². The molecular formula is C47H78N10O22. The molecule has 32 nitrogen and oxygen atoms in total. The first-order valence-electron chi connectivity index (χ1n) is 24.8. The molecule has 15 N–H and O–H groups in total. The molecule has 0 radical (unpaired) electrons. The van der Waals surface area contributed by atoms with E-state index in [9.17, 15) is 59.4 Å². The van der Waals surface area contributed by atoms with Crippen molar-refractivity contribution in [2.45, 2.75) is 75.0 Å². The number of nitrogens with one attached hydrogen (secondary N) is 1. The van der Waals surface area contributed by atoms with E-state index in [-0.39, 0.29) is 97.3 Å². The van der Waals surface area contributed by atoms with Gasteiger partial charge < -0.3 is 121 Å². The van der Waals surface area contributed by atoms with Gasteiger partial charge in [-0.1, -0.05) is 12.8 Å². The summed E-state index contributed by atoms with van der Waals surface area (Å²) in [4.78, 5) is 87.6. The molecule has 0 bridgehead atoms. The molecule has 0 fully saturated rings. The van der Waals surface area contributed by atoms with Crippen molar-refractivity contribution in [2.75, 3.05) is 133 Å². The lowest BCUT2D eigenvalue weighted by molar-refractivity contribution is -0.148. The predicted molar refractivity (Wildman–Crippen MR) is 274 cm³/mol. The zero-order chi connectivity index (χ0) is 59.0. The number of guanidine groups is 2. The average Bonchev–Trinajstić information content (AvgIpc) is 3.41. The van der Waals surface area contributed by atoms with Crippen molar-refractivity contribution in [3.05, 3.63) is 23.7 Å². The normalized spacial score (nSPS) is 20.1. The summed E-state index contributed by atoms with van der Waals surface area (Å²) in [6.07, 6.45) is -4.69. The Morgan fingerprint density at radius 3 is 1.51 bits per heavy atom. The number of aliphatic imine (C=N–C) groups is 2. The number of hydrogen-bond donors (Lipinski definition) is 11. The van der Waals surface area contributed by atoms with Crippen molar-refractivity contribution in [1.29, 1.82) is 0 Å². The summed E-state index contributed by atoms with van der Waals surface area (Å²) in [5.74, 6) is -4.53. The lowest BCUT2D eigenvalue weighted by Gasteiger charge is -2.40. The van der Waals surface area contributed by atoms with E-state index in [1.807, 2.05) is 0 Å². The Morgan fingerprint density at radius 1 is 0.658 bits per heavy atom. The van der Waals surface area contributed by atoms with Gasteiger partial charge >= 0.3 is 24.1 Å². The number of ether oxygens (including phenoxy) is 10. The van der Waals surface area contributed by atoms with Crippen LogP contribution in [-0.4, -0.2) is 281 Å². The number of rotatable bonds is 38. The predicted octanol–water partition coefficient (Wildman–Crippen LogP) is -5.32. The van der Waals surface area contributed by atoms with Crippen LogP contribution in [0.25, 0.3) is 0 Å². The molecule has 79 heavy (non-hydrogen) atoms. The molecule has 0 spiro atoms. The molecule has 0 saturated carbocycles. The number of terminal acetylenes is 1. The number of nitrogens with zero attached hydrogens (tertiary/aromatic N) is 5. The quantitative estimate of drug-likeness (QED) is 0.0119. The van der Waals surface area contributed by atoms with Gasteiger partial charge in [-0.2, -0.15) is 0 Å². The Labute approximate surface area is 456 Å². The van der Waals surface area contributed by atoms with Crippen LogP contribution in [0, 0.1) is 18.3 Å². The van der Waals surface area contributed by atoms with Gasteiger partial charge in [0, 0.05) is 53.1 Å². The summed E-state index contributed by atoms with van der Waals surface area (Å²) in [5.41, 5.74) is 22.2. The molecule has 10 atom stereocenters. The lowest BCUT2D eigenvalue weighted by Crippen LogP contribution is -2.61. The second-order valence-corrected chi connectivity index (χ2v) is 17.5. The maximum Gasteiger partial charge on any atom is 0.410 e. The number of carboxylic acids is 2. The van der Waals surface area contributed by atoms with Gasteiger partial charge in [-0.05, 0) is 12.2 Å². The lowest BCUT2D eigenvalue weighted by atomic mass is 9.87. The number of carbonyl (C=O) groups is 6. The second-order valence-electron chi connectivity index (χ2n) is 17.5. The van der Waals surface area contributed by atoms with E-state index in [0.717, 1.165) is 28.9 Å². The molecule has 2 aliphatic heterocycles. The molecule has 448 valence electrons. The van der Waals surface area contributed by atoms with Gasteiger partial charge in [-0.25, -0.2) is 29.2 Å². The average molecular weight is 1140 g/mol. The molecule has 2 heterocycles. The molecule has 0 unspecified atom stereocenters. The van der Waals surface area contributed by atoms with Crippen molar-refractivity contribution >= 4 is 47.9 Å². The second kappa shape index (κ2) is 37.1. The molecule has 2 rings (SSSR count). The largest absolute Gasteiger partial charge is 0.479 e. The highest BCUT2D eigenvalue weighted by Gasteiger charge is 2.47. The van der Waals surface area contributed by atoms with E-state index in [0.29, 0.717) is 26.4 Å². The number of carboxylic acid groups (broad SMARTS) is 2. The molecule has 4 amide bonds. The van der Waals surface area contributed by atoms with Crippen molar-refractivity contribution in [1.82, 2.24) is 20.0 Å². The van der Waals surface area contributed by atoms with Crippen LogP contribution in [0.2, 0.25) is 0 Å². The van der Waals surface area contributed by atoms with Crippen molar-refractivity contribution in [2.24, 2.45) is 38.8 Å².